The van der Waals surface area contributed by atoms with Crippen LogP contribution in [-0.2, 0) is 9.84 Å². The number of aryl methyl sites for hydroxylation is 1. The molecule has 1 aliphatic rings. The zero-order valence-corrected chi connectivity index (χ0v) is 14.4. The molecule has 1 aliphatic carbocycles. The Labute approximate surface area is 138 Å². The number of hydrogen-bond acceptors (Lipinski definition) is 3. The topological polar surface area (TPSA) is 51.2 Å². The maximum absolute atomic E-state index is 12.5. The van der Waals surface area contributed by atoms with Crippen LogP contribution in [0.15, 0.2) is 57.9 Å². The second-order valence-electron chi connectivity index (χ2n) is 5.61. The lowest BCUT2D eigenvalue weighted by atomic mass is 10.1. The predicted octanol–water partition coefficient (Wildman–Crippen LogP) is 3.80. The predicted molar refractivity (Wildman–Crippen MR) is 88.7 cm³/mol. The first-order chi connectivity index (χ1) is 10.4. The summed E-state index contributed by atoms with van der Waals surface area (Å²) >= 11 is 3.29. The van der Waals surface area contributed by atoms with Crippen molar-refractivity contribution in [3.8, 4) is 0 Å². The van der Waals surface area contributed by atoms with Gasteiger partial charge in [-0.25, -0.2) is 8.42 Å². The van der Waals surface area contributed by atoms with Gasteiger partial charge in [-0.1, -0.05) is 45.8 Å². The monoisotopic (exact) mass is 378 g/mol. The molecule has 0 bridgehead atoms. The quantitative estimate of drug-likeness (QED) is 0.760. The van der Waals surface area contributed by atoms with Gasteiger partial charge in [-0.2, -0.15) is 0 Å². The van der Waals surface area contributed by atoms with Gasteiger partial charge in [-0.3, -0.25) is 4.79 Å². The maximum atomic E-state index is 12.5. The SMILES string of the molecule is Cc1ccc(C(=O)[C@@H]2C[C@H]2S(=O)(=O)c2ccc(Br)cc2)cc1. The molecular formula is C17H15BrO3S. The van der Waals surface area contributed by atoms with Crippen molar-refractivity contribution < 1.29 is 13.2 Å². The lowest BCUT2D eigenvalue weighted by molar-refractivity contribution is 0.0968. The van der Waals surface area contributed by atoms with Crippen LogP contribution in [0.5, 0.6) is 0 Å². The second-order valence-corrected chi connectivity index (χ2v) is 8.69. The van der Waals surface area contributed by atoms with Gasteiger partial charge in [-0.15, -0.1) is 0 Å². The van der Waals surface area contributed by atoms with Gasteiger partial charge in [0, 0.05) is 16.0 Å². The van der Waals surface area contributed by atoms with E-state index in [4.69, 9.17) is 0 Å². The fourth-order valence-corrected chi connectivity index (χ4v) is 4.67. The molecule has 1 saturated carbocycles. The number of benzene rings is 2. The minimum atomic E-state index is -3.43. The highest BCUT2D eigenvalue weighted by molar-refractivity contribution is 9.10. The summed E-state index contributed by atoms with van der Waals surface area (Å²) in [6.07, 6.45) is 0.408. The van der Waals surface area contributed by atoms with Crippen molar-refractivity contribution in [1.82, 2.24) is 0 Å². The Morgan fingerprint density at radius 1 is 1.05 bits per heavy atom. The minimum Gasteiger partial charge on any atom is -0.294 e. The van der Waals surface area contributed by atoms with Crippen molar-refractivity contribution in [2.24, 2.45) is 5.92 Å². The molecule has 114 valence electrons. The molecule has 0 saturated heterocycles. The van der Waals surface area contributed by atoms with Crippen molar-refractivity contribution in [1.29, 1.82) is 0 Å². The number of rotatable bonds is 4. The second kappa shape index (κ2) is 5.63. The van der Waals surface area contributed by atoms with E-state index in [9.17, 15) is 13.2 Å². The molecule has 0 amide bonds. The van der Waals surface area contributed by atoms with E-state index in [-0.39, 0.29) is 10.7 Å². The van der Waals surface area contributed by atoms with Crippen LogP contribution in [0.2, 0.25) is 0 Å². The van der Waals surface area contributed by atoms with Crippen molar-refractivity contribution in [2.45, 2.75) is 23.5 Å². The normalized spacial score (nSPS) is 20.6. The van der Waals surface area contributed by atoms with Crippen LogP contribution in [0.1, 0.15) is 22.3 Å². The summed E-state index contributed by atoms with van der Waals surface area (Å²) in [5, 5.41) is -0.595. The molecule has 0 aromatic heterocycles. The van der Waals surface area contributed by atoms with Crippen LogP contribution in [0.25, 0.3) is 0 Å². The molecule has 0 heterocycles. The number of carbonyl (C=O) groups excluding carboxylic acids is 1. The Morgan fingerprint density at radius 3 is 2.23 bits per heavy atom. The lowest BCUT2D eigenvalue weighted by Gasteiger charge is -2.04. The summed E-state index contributed by atoms with van der Waals surface area (Å²) in [4.78, 5) is 12.7. The minimum absolute atomic E-state index is 0.0781. The van der Waals surface area contributed by atoms with Crippen molar-refractivity contribution in [2.75, 3.05) is 0 Å². The van der Waals surface area contributed by atoms with Gasteiger partial charge in [0.1, 0.15) is 0 Å². The van der Waals surface area contributed by atoms with Crippen LogP contribution in [0.4, 0.5) is 0 Å². The molecular weight excluding hydrogens is 364 g/mol. The first-order valence-corrected chi connectivity index (χ1v) is 9.34. The standard InChI is InChI=1S/C17H15BrO3S/c1-11-2-4-12(5-3-11)17(19)15-10-16(15)22(20,21)14-8-6-13(18)7-9-14/h2-9,15-16H,10H2,1H3/t15-,16-/m1/s1. The average Bonchev–Trinajstić information content (AvgIpc) is 3.29. The smallest absolute Gasteiger partial charge is 0.181 e. The Bertz CT molecular complexity index is 808. The summed E-state index contributed by atoms with van der Waals surface area (Å²) in [6, 6.07) is 13.8. The van der Waals surface area contributed by atoms with Crippen molar-refractivity contribution in [3.05, 3.63) is 64.1 Å². The average molecular weight is 379 g/mol. The Kier molecular flexibility index (Phi) is 3.95. The van der Waals surface area contributed by atoms with Gasteiger partial charge in [0.15, 0.2) is 15.6 Å². The summed E-state index contributed by atoms with van der Waals surface area (Å²) < 4.78 is 25.9. The van der Waals surface area contributed by atoms with Gasteiger partial charge in [0.2, 0.25) is 0 Å². The number of halogens is 1. The van der Waals surface area contributed by atoms with E-state index in [1.165, 1.54) is 0 Å². The third kappa shape index (κ3) is 2.88. The zero-order valence-electron chi connectivity index (χ0n) is 12.0. The Hall–Kier alpha value is -1.46. The van der Waals surface area contributed by atoms with E-state index in [0.717, 1.165) is 10.0 Å². The van der Waals surface area contributed by atoms with E-state index in [1.807, 2.05) is 19.1 Å². The fraction of sp³-hybridized carbons (Fsp3) is 0.235. The van der Waals surface area contributed by atoms with Crippen molar-refractivity contribution in [3.63, 3.8) is 0 Å². The number of Topliss-reactive ketones (excluding diaryl/α,β-unsaturated/α-hetero) is 1. The third-order valence-electron chi connectivity index (χ3n) is 3.95. The van der Waals surface area contributed by atoms with Gasteiger partial charge < -0.3 is 0 Å². The Morgan fingerprint density at radius 2 is 1.64 bits per heavy atom. The first-order valence-electron chi connectivity index (χ1n) is 7.00. The van der Waals surface area contributed by atoms with Gasteiger partial charge in [0.05, 0.1) is 10.1 Å². The van der Waals surface area contributed by atoms with Crippen LogP contribution < -0.4 is 0 Å². The van der Waals surface area contributed by atoms with E-state index < -0.39 is 21.0 Å². The lowest BCUT2D eigenvalue weighted by Crippen LogP contribution is -2.14. The van der Waals surface area contributed by atoms with Crippen LogP contribution in [-0.4, -0.2) is 19.5 Å². The number of hydrogen-bond donors (Lipinski definition) is 0. The molecule has 1 fully saturated rings. The summed E-state index contributed by atoms with van der Waals surface area (Å²) in [7, 11) is -3.43. The highest BCUT2D eigenvalue weighted by Gasteiger charge is 2.52. The summed E-state index contributed by atoms with van der Waals surface area (Å²) in [6.45, 7) is 1.95. The highest BCUT2D eigenvalue weighted by Crippen LogP contribution is 2.42. The highest BCUT2D eigenvalue weighted by atomic mass is 79.9. The van der Waals surface area contributed by atoms with E-state index in [1.54, 1.807) is 36.4 Å². The van der Waals surface area contributed by atoms with Gasteiger partial charge in [-0.05, 0) is 37.6 Å². The number of ketones is 1. The summed E-state index contributed by atoms with van der Waals surface area (Å²) in [5.41, 5.74) is 1.66. The molecule has 2 atom stereocenters. The van der Waals surface area contributed by atoms with E-state index in [0.29, 0.717) is 12.0 Å². The molecule has 2 aromatic rings. The molecule has 2 aromatic carbocycles. The van der Waals surface area contributed by atoms with Crippen LogP contribution >= 0.6 is 15.9 Å². The number of carbonyl (C=O) groups is 1. The fourth-order valence-electron chi connectivity index (χ4n) is 2.52. The number of sulfone groups is 1. The molecule has 3 nitrogen and oxygen atoms in total. The van der Waals surface area contributed by atoms with E-state index in [2.05, 4.69) is 15.9 Å². The van der Waals surface area contributed by atoms with Crippen LogP contribution in [0.3, 0.4) is 0 Å². The molecule has 0 N–H and O–H groups in total. The molecule has 5 heteroatoms. The molecule has 0 radical (unpaired) electrons. The first kappa shape index (κ1) is 15.4. The van der Waals surface area contributed by atoms with Gasteiger partial charge >= 0.3 is 0 Å². The zero-order chi connectivity index (χ0) is 15.9. The largest absolute Gasteiger partial charge is 0.294 e. The molecule has 0 aliphatic heterocycles. The third-order valence-corrected chi connectivity index (χ3v) is 6.72. The van der Waals surface area contributed by atoms with Crippen molar-refractivity contribution >= 4 is 31.6 Å². The van der Waals surface area contributed by atoms with Gasteiger partial charge in [0.25, 0.3) is 0 Å². The maximum Gasteiger partial charge on any atom is 0.181 e. The Balaban J connectivity index is 1.80. The molecule has 22 heavy (non-hydrogen) atoms. The molecule has 0 spiro atoms. The molecule has 0 unspecified atom stereocenters. The summed E-state index contributed by atoms with van der Waals surface area (Å²) in [5.74, 6) is -0.498. The van der Waals surface area contributed by atoms with E-state index >= 15 is 0 Å². The van der Waals surface area contributed by atoms with Crippen LogP contribution in [0, 0.1) is 12.8 Å². The molecule has 3 rings (SSSR count).